The molecule has 0 radical (unpaired) electrons. The summed E-state index contributed by atoms with van der Waals surface area (Å²) in [6, 6.07) is 6.89. The lowest BCUT2D eigenvalue weighted by Gasteiger charge is -2.30. The number of likely N-dealkylation sites (tertiary alicyclic amines) is 1. The molecule has 3 nitrogen and oxygen atoms in total. The minimum atomic E-state index is -0.457. The van der Waals surface area contributed by atoms with Gasteiger partial charge in [-0.2, -0.15) is 5.26 Å². The van der Waals surface area contributed by atoms with Gasteiger partial charge in [-0.15, -0.1) is 0 Å². The molecule has 0 amide bonds. The quantitative estimate of drug-likeness (QED) is 0.851. The van der Waals surface area contributed by atoms with Gasteiger partial charge in [0.25, 0.3) is 0 Å². The third-order valence-corrected chi connectivity index (χ3v) is 3.18. The van der Waals surface area contributed by atoms with Crippen molar-refractivity contribution in [3.63, 3.8) is 0 Å². The third kappa shape index (κ3) is 2.95. The van der Waals surface area contributed by atoms with Gasteiger partial charge in [0, 0.05) is 11.7 Å². The Hall–Kier alpha value is -1.60. The van der Waals surface area contributed by atoms with Crippen molar-refractivity contribution in [3.05, 3.63) is 29.6 Å². The van der Waals surface area contributed by atoms with Crippen molar-refractivity contribution in [2.75, 3.05) is 25.5 Å². The summed E-state index contributed by atoms with van der Waals surface area (Å²) in [5.74, 6) is -0.457. The van der Waals surface area contributed by atoms with E-state index in [2.05, 4.69) is 17.3 Å². The first-order valence-electron chi connectivity index (χ1n) is 5.84. The summed E-state index contributed by atoms with van der Waals surface area (Å²) in [4.78, 5) is 2.30. The maximum absolute atomic E-state index is 13.1. The van der Waals surface area contributed by atoms with Crippen LogP contribution in [0.2, 0.25) is 0 Å². The standard InChI is InChI=1S/C13H16FN3/c1-17-6-4-11(5-7-17)16-12-2-3-13(14)10(8-12)9-15/h2-3,8,11,16H,4-7H2,1H3. The fourth-order valence-corrected chi connectivity index (χ4v) is 2.09. The Labute approximate surface area is 101 Å². The van der Waals surface area contributed by atoms with Gasteiger partial charge in [-0.3, -0.25) is 0 Å². The summed E-state index contributed by atoms with van der Waals surface area (Å²) in [7, 11) is 2.11. The monoisotopic (exact) mass is 233 g/mol. The number of nitrogens with one attached hydrogen (secondary N) is 1. The molecule has 1 aromatic rings. The number of anilines is 1. The van der Waals surface area contributed by atoms with Crippen LogP contribution in [0, 0.1) is 17.1 Å². The molecule has 1 N–H and O–H groups in total. The fourth-order valence-electron chi connectivity index (χ4n) is 2.09. The molecular weight excluding hydrogens is 217 g/mol. The second-order valence-corrected chi connectivity index (χ2v) is 4.53. The highest BCUT2D eigenvalue weighted by Gasteiger charge is 2.16. The molecule has 1 fully saturated rings. The van der Waals surface area contributed by atoms with E-state index >= 15 is 0 Å². The molecular formula is C13H16FN3. The summed E-state index contributed by atoms with van der Waals surface area (Å²) >= 11 is 0. The van der Waals surface area contributed by atoms with Gasteiger partial charge in [0.2, 0.25) is 0 Å². The van der Waals surface area contributed by atoms with E-state index in [1.807, 2.05) is 6.07 Å². The molecule has 4 heteroatoms. The van der Waals surface area contributed by atoms with E-state index in [4.69, 9.17) is 5.26 Å². The van der Waals surface area contributed by atoms with Crippen molar-refractivity contribution in [2.24, 2.45) is 0 Å². The van der Waals surface area contributed by atoms with Crippen molar-refractivity contribution in [1.29, 1.82) is 5.26 Å². The lowest BCUT2D eigenvalue weighted by atomic mass is 10.0. The zero-order chi connectivity index (χ0) is 12.3. The number of hydrogen-bond donors (Lipinski definition) is 1. The molecule has 90 valence electrons. The van der Waals surface area contributed by atoms with Crippen LogP contribution in [0.5, 0.6) is 0 Å². The van der Waals surface area contributed by atoms with Crippen molar-refractivity contribution in [1.82, 2.24) is 4.90 Å². The predicted molar refractivity (Wildman–Crippen MR) is 65.3 cm³/mol. The molecule has 0 atom stereocenters. The maximum Gasteiger partial charge on any atom is 0.141 e. The number of benzene rings is 1. The molecule has 0 spiro atoms. The van der Waals surface area contributed by atoms with E-state index in [1.54, 1.807) is 12.1 Å². The first kappa shape index (κ1) is 11.9. The van der Waals surface area contributed by atoms with Crippen molar-refractivity contribution < 1.29 is 4.39 Å². The van der Waals surface area contributed by atoms with Crippen LogP contribution < -0.4 is 5.32 Å². The Kier molecular flexibility index (Phi) is 3.60. The van der Waals surface area contributed by atoms with Crippen molar-refractivity contribution in [2.45, 2.75) is 18.9 Å². The number of nitriles is 1. The SMILES string of the molecule is CN1CCC(Nc2ccc(F)c(C#N)c2)CC1. The van der Waals surface area contributed by atoms with Gasteiger partial charge < -0.3 is 10.2 Å². The van der Waals surface area contributed by atoms with E-state index < -0.39 is 5.82 Å². The summed E-state index contributed by atoms with van der Waals surface area (Å²) in [6.07, 6.45) is 2.16. The molecule has 1 aliphatic rings. The van der Waals surface area contributed by atoms with Gasteiger partial charge in [0.1, 0.15) is 11.9 Å². The van der Waals surface area contributed by atoms with E-state index in [0.29, 0.717) is 6.04 Å². The summed E-state index contributed by atoms with van der Waals surface area (Å²) in [5.41, 5.74) is 0.931. The largest absolute Gasteiger partial charge is 0.382 e. The second-order valence-electron chi connectivity index (χ2n) is 4.53. The van der Waals surface area contributed by atoms with Crippen LogP contribution in [0.25, 0.3) is 0 Å². The molecule has 1 aromatic carbocycles. The normalized spacial score (nSPS) is 17.7. The number of hydrogen-bond acceptors (Lipinski definition) is 3. The van der Waals surface area contributed by atoms with E-state index in [9.17, 15) is 4.39 Å². The molecule has 0 unspecified atom stereocenters. The van der Waals surface area contributed by atoms with E-state index in [1.165, 1.54) is 6.07 Å². The van der Waals surface area contributed by atoms with Crippen LogP contribution in [0.1, 0.15) is 18.4 Å². The molecule has 1 aliphatic heterocycles. The number of rotatable bonds is 2. The Bertz CT molecular complexity index is 431. The highest BCUT2D eigenvalue weighted by atomic mass is 19.1. The van der Waals surface area contributed by atoms with Crippen LogP contribution in [-0.4, -0.2) is 31.1 Å². The zero-order valence-corrected chi connectivity index (χ0v) is 9.91. The van der Waals surface area contributed by atoms with Gasteiger partial charge in [0.05, 0.1) is 5.56 Å². The maximum atomic E-state index is 13.1. The van der Waals surface area contributed by atoms with Crippen LogP contribution in [-0.2, 0) is 0 Å². The van der Waals surface area contributed by atoms with E-state index in [0.717, 1.165) is 31.6 Å². The number of piperidine rings is 1. The summed E-state index contributed by atoms with van der Waals surface area (Å²) in [5, 5.41) is 12.1. The van der Waals surface area contributed by atoms with Gasteiger partial charge in [0.15, 0.2) is 0 Å². The molecule has 0 saturated carbocycles. The van der Waals surface area contributed by atoms with Gasteiger partial charge in [-0.1, -0.05) is 0 Å². The number of halogens is 1. The molecule has 17 heavy (non-hydrogen) atoms. The first-order valence-corrected chi connectivity index (χ1v) is 5.84. The fraction of sp³-hybridized carbons (Fsp3) is 0.462. The average molecular weight is 233 g/mol. The molecule has 0 aliphatic carbocycles. The highest BCUT2D eigenvalue weighted by molar-refractivity contribution is 5.50. The van der Waals surface area contributed by atoms with Crippen molar-refractivity contribution in [3.8, 4) is 6.07 Å². The molecule has 0 aromatic heterocycles. The lowest BCUT2D eigenvalue weighted by Crippen LogP contribution is -2.36. The van der Waals surface area contributed by atoms with E-state index in [-0.39, 0.29) is 5.56 Å². The summed E-state index contributed by atoms with van der Waals surface area (Å²) < 4.78 is 13.1. The van der Waals surface area contributed by atoms with Crippen LogP contribution >= 0.6 is 0 Å². The van der Waals surface area contributed by atoms with Crippen LogP contribution in [0.3, 0.4) is 0 Å². The molecule has 1 saturated heterocycles. The Morgan fingerprint density at radius 2 is 2.12 bits per heavy atom. The Morgan fingerprint density at radius 1 is 1.41 bits per heavy atom. The average Bonchev–Trinajstić information content (AvgIpc) is 2.34. The minimum Gasteiger partial charge on any atom is -0.382 e. The minimum absolute atomic E-state index is 0.0999. The zero-order valence-electron chi connectivity index (χ0n) is 9.91. The summed E-state index contributed by atoms with van der Waals surface area (Å²) in [6.45, 7) is 2.15. The second kappa shape index (κ2) is 5.15. The number of nitrogens with zero attached hydrogens (tertiary/aromatic N) is 2. The first-order chi connectivity index (χ1) is 8.19. The molecule has 2 rings (SSSR count). The predicted octanol–water partition coefficient (Wildman–Crippen LogP) is 2.20. The van der Waals surface area contributed by atoms with Crippen LogP contribution in [0.15, 0.2) is 18.2 Å². The van der Waals surface area contributed by atoms with Gasteiger partial charge in [-0.25, -0.2) is 4.39 Å². The smallest absolute Gasteiger partial charge is 0.141 e. The Morgan fingerprint density at radius 3 is 2.76 bits per heavy atom. The van der Waals surface area contributed by atoms with Crippen molar-refractivity contribution >= 4 is 5.69 Å². The molecule has 1 heterocycles. The topological polar surface area (TPSA) is 39.1 Å². The van der Waals surface area contributed by atoms with Crippen LogP contribution in [0.4, 0.5) is 10.1 Å². The third-order valence-electron chi connectivity index (χ3n) is 3.18. The lowest BCUT2D eigenvalue weighted by molar-refractivity contribution is 0.264. The van der Waals surface area contributed by atoms with Gasteiger partial charge >= 0.3 is 0 Å². The highest BCUT2D eigenvalue weighted by Crippen LogP contribution is 2.18. The van der Waals surface area contributed by atoms with Gasteiger partial charge in [-0.05, 0) is 51.2 Å². The Balaban J connectivity index is 2.02. The molecule has 0 bridgehead atoms.